The van der Waals surface area contributed by atoms with Gasteiger partial charge in [0.05, 0.1) is 12.2 Å². The standard InChI is InChI=1S/C12H14N4O2S/c1-2-18-9-6-4-3-5-8(9)11(17)14-12-16-15-10(7-13)19-12/h3-6H,2,7,13H2,1H3,(H,14,16,17). The van der Waals surface area contributed by atoms with E-state index in [1.165, 1.54) is 11.3 Å². The van der Waals surface area contributed by atoms with Crippen LogP contribution in [0.15, 0.2) is 24.3 Å². The van der Waals surface area contributed by atoms with Crippen molar-refractivity contribution in [3.63, 3.8) is 0 Å². The van der Waals surface area contributed by atoms with Crippen molar-refractivity contribution in [1.82, 2.24) is 10.2 Å². The van der Waals surface area contributed by atoms with E-state index in [0.29, 0.717) is 34.6 Å². The molecule has 19 heavy (non-hydrogen) atoms. The number of rotatable bonds is 5. The van der Waals surface area contributed by atoms with Crippen molar-refractivity contribution < 1.29 is 9.53 Å². The summed E-state index contributed by atoms with van der Waals surface area (Å²) in [5.74, 6) is 0.273. The minimum Gasteiger partial charge on any atom is -0.493 e. The van der Waals surface area contributed by atoms with Crippen LogP contribution in [0.1, 0.15) is 22.3 Å². The number of para-hydroxylation sites is 1. The molecular formula is C12H14N4O2S. The first-order valence-electron chi connectivity index (χ1n) is 5.80. The van der Waals surface area contributed by atoms with E-state index in [0.717, 1.165) is 0 Å². The molecule has 0 aliphatic heterocycles. The van der Waals surface area contributed by atoms with Crippen LogP contribution in [0.4, 0.5) is 5.13 Å². The molecule has 0 saturated heterocycles. The molecule has 0 aliphatic rings. The molecule has 0 saturated carbocycles. The third-order valence-corrected chi connectivity index (χ3v) is 3.15. The SMILES string of the molecule is CCOc1ccccc1C(=O)Nc1nnc(CN)s1. The summed E-state index contributed by atoms with van der Waals surface area (Å²) in [6.07, 6.45) is 0. The van der Waals surface area contributed by atoms with Crippen molar-refractivity contribution in [2.24, 2.45) is 5.73 Å². The highest BCUT2D eigenvalue weighted by atomic mass is 32.1. The summed E-state index contributed by atoms with van der Waals surface area (Å²) in [4.78, 5) is 12.1. The molecule has 2 rings (SSSR count). The van der Waals surface area contributed by atoms with E-state index in [-0.39, 0.29) is 5.91 Å². The smallest absolute Gasteiger partial charge is 0.261 e. The van der Waals surface area contributed by atoms with Gasteiger partial charge in [-0.3, -0.25) is 10.1 Å². The summed E-state index contributed by atoms with van der Waals surface area (Å²) in [5.41, 5.74) is 5.91. The Morgan fingerprint density at radius 3 is 2.89 bits per heavy atom. The van der Waals surface area contributed by atoms with Gasteiger partial charge >= 0.3 is 0 Å². The normalized spacial score (nSPS) is 10.2. The Kier molecular flexibility index (Phi) is 4.43. The van der Waals surface area contributed by atoms with Gasteiger partial charge < -0.3 is 10.5 Å². The second kappa shape index (κ2) is 6.26. The quantitative estimate of drug-likeness (QED) is 0.868. The van der Waals surface area contributed by atoms with E-state index >= 15 is 0 Å². The topological polar surface area (TPSA) is 90.1 Å². The second-order valence-corrected chi connectivity index (χ2v) is 4.65. The lowest BCUT2D eigenvalue weighted by atomic mass is 10.2. The van der Waals surface area contributed by atoms with Crippen molar-refractivity contribution in [3.8, 4) is 5.75 Å². The number of ether oxygens (including phenoxy) is 1. The van der Waals surface area contributed by atoms with Crippen LogP contribution in [-0.4, -0.2) is 22.7 Å². The van der Waals surface area contributed by atoms with E-state index in [1.807, 2.05) is 13.0 Å². The lowest BCUT2D eigenvalue weighted by Gasteiger charge is -2.08. The molecule has 0 atom stereocenters. The second-order valence-electron chi connectivity index (χ2n) is 3.59. The minimum atomic E-state index is -0.274. The van der Waals surface area contributed by atoms with Crippen LogP contribution < -0.4 is 15.8 Å². The summed E-state index contributed by atoms with van der Waals surface area (Å²) in [7, 11) is 0. The zero-order valence-corrected chi connectivity index (χ0v) is 11.2. The minimum absolute atomic E-state index is 0.274. The Hall–Kier alpha value is -1.99. The predicted octanol–water partition coefficient (Wildman–Crippen LogP) is 1.65. The first-order valence-corrected chi connectivity index (χ1v) is 6.62. The Bertz CT molecular complexity index is 570. The number of hydrogen-bond donors (Lipinski definition) is 2. The van der Waals surface area contributed by atoms with Crippen LogP contribution in [0.25, 0.3) is 0 Å². The van der Waals surface area contributed by atoms with Crippen molar-refractivity contribution >= 4 is 22.4 Å². The monoisotopic (exact) mass is 278 g/mol. The molecule has 1 aromatic carbocycles. The molecule has 1 aromatic heterocycles. The third kappa shape index (κ3) is 3.27. The van der Waals surface area contributed by atoms with E-state index in [1.54, 1.807) is 18.2 Å². The maximum atomic E-state index is 12.1. The molecule has 1 amide bonds. The van der Waals surface area contributed by atoms with Crippen LogP contribution in [0, 0.1) is 0 Å². The van der Waals surface area contributed by atoms with Crippen LogP contribution in [-0.2, 0) is 6.54 Å². The number of anilines is 1. The van der Waals surface area contributed by atoms with Crippen molar-refractivity contribution in [2.45, 2.75) is 13.5 Å². The fourth-order valence-electron chi connectivity index (χ4n) is 1.49. The molecule has 0 radical (unpaired) electrons. The number of carbonyl (C=O) groups excluding carboxylic acids is 1. The van der Waals surface area contributed by atoms with Crippen LogP contribution in [0.5, 0.6) is 5.75 Å². The number of amides is 1. The van der Waals surface area contributed by atoms with Crippen molar-refractivity contribution in [1.29, 1.82) is 0 Å². The highest BCUT2D eigenvalue weighted by Gasteiger charge is 2.14. The molecule has 7 heteroatoms. The van der Waals surface area contributed by atoms with E-state index < -0.39 is 0 Å². The fourth-order valence-corrected chi connectivity index (χ4v) is 2.10. The van der Waals surface area contributed by atoms with Gasteiger partial charge in [-0.15, -0.1) is 10.2 Å². The lowest BCUT2D eigenvalue weighted by molar-refractivity contribution is 0.102. The van der Waals surface area contributed by atoms with Crippen LogP contribution in [0.3, 0.4) is 0 Å². The van der Waals surface area contributed by atoms with E-state index in [9.17, 15) is 4.79 Å². The number of nitrogens with zero attached hydrogens (tertiary/aromatic N) is 2. The van der Waals surface area contributed by atoms with Gasteiger partial charge in [-0.25, -0.2) is 0 Å². The summed E-state index contributed by atoms with van der Waals surface area (Å²) >= 11 is 1.26. The Balaban J connectivity index is 2.15. The molecule has 1 heterocycles. The maximum absolute atomic E-state index is 12.1. The largest absolute Gasteiger partial charge is 0.493 e. The molecule has 0 aliphatic carbocycles. The molecule has 3 N–H and O–H groups in total. The molecule has 2 aromatic rings. The number of hydrogen-bond acceptors (Lipinski definition) is 6. The number of nitrogens with two attached hydrogens (primary N) is 1. The highest BCUT2D eigenvalue weighted by Crippen LogP contribution is 2.21. The summed E-state index contributed by atoms with van der Waals surface area (Å²) < 4.78 is 5.41. The van der Waals surface area contributed by atoms with Crippen molar-refractivity contribution in [3.05, 3.63) is 34.8 Å². The first kappa shape index (κ1) is 13.4. The summed E-state index contributed by atoms with van der Waals surface area (Å²) in [6.45, 7) is 2.68. The van der Waals surface area contributed by atoms with Gasteiger partial charge in [-0.05, 0) is 19.1 Å². The molecule has 100 valence electrons. The number of carbonyl (C=O) groups is 1. The third-order valence-electron chi connectivity index (χ3n) is 2.29. The average Bonchev–Trinajstić information content (AvgIpc) is 2.87. The van der Waals surface area contributed by atoms with E-state index in [2.05, 4.69) is 15.5 Å². The lowest BCUT2D eigenvalue weighted by Crippen LogP contribution is -2.13. The summed E-state index contributed by atoms with van der Waals surface area (Å²) in [6, 6.07) is 7.05. The van der Waals surface area contributed by atoms with Gasteiger partial charge in [0, 0.05) is 6.54 Å². The fraction of sp³-hybridized carbons (Fsp3) is 0.250. The molecule has 0 spiro atoms. The Labute approximate surface area is 114 Å². The van der Waals surface area contributed by atoms with Crippen LogP contribution >= 0.6 is 11.3 Å². The van der Waals surface area contributed by atoms with Crippen LogP contribution in [0.2, 0.25) is 0 Å². The highest BCUT2D eigenvalue weighted by molar-refractivity contribution is 7.15. The predicted molar refractivity (Wildman–Crippen MR) is 73.4 cm³/mol. The van der Waals surface area contributed by atoms with Gasteiger partial charge in [0.25, 0.3) is 5.91 Å². The molecule has 6 nitrogen and oxygen atoms in total. The number of aromatic nitrogens is 2. The summed E-state index contributed by atoms with van der Waals surface area (Å²) in [5, 5.41) is 11.5. The number of nitrogens with one attached hydrogen (secondary N) is 1. The average molecular weight is 278 g/mol. The van der Waals surface area contributed by atoms with Gasteiger partial charge in [0.2, 0.25) is 5.13 Å². The Morgan fingerprint density at radius 1 is 1.42 bits per heavy atom. The van der Waals surface area contributed by atoms with Gasteiger partial charge in [-0.2, -0.15) is 0 Å². The first-order chi connectivity index (χ1) is 9.24. The van der Waals surface area contributed by atoms with E-state index in [4.69, 9.17) is 10.5 Å². The number of benzene rings is 1. The maximum Gasteiger partial charge on any atom is 0.261 e. The Morgan fingerprint density at radius 2 is 2.21 bits per heavy atom. The van der Waals surface area contributed by atoms with Crippen molar-refractivity contribution in [2.75, 3.05) is 11.9 Å². The van der Waals surface area contributed by atoms with Gasteiger partial charge in [0.15, 0.2) is 0 Å². The molecular weight excluding hydrogens is 264 g/mol. The molecule has 0 unspecified atom stereocenters. The zero-order chi connectivity index (χ0) is 13.7. The van der Waals surface area contributed by atoms with Gasteiger partial charge in [0.1, 0.15) is 10.8 Å². The van der Waals surface area contributed by atoms with Gasteiger partial charge in [-0.1, -0.05) is 23.5 Å². The molecule has 0 bridgehead atoms. The zero-order valence-electron chi connectivity index (χ0n) is 10.4. The molecule has 0 fully saturated rings.